The van der Waals surface area contributed by atoms with Crippen LogP contribution >= 0.6 is 0 Å². The lowest BCUT2D eigenvalue weighted by molar-refractivity contribution is 0.122. The van der Waals surface area contributed by atoms with E-state index in [1.54, 1.807) is 32.7 Å². The minimum absolute atomic E-state index is 0.123. The van der Waals surface area contributed by atoms with E-state index < -0.39 is 0 Å². The van der Waals surface area contributed by atoms with Gasteiger partial charge in [0.05, 0.1) is 39.1 Å². The molecule has 180 valence electrons. The third-order valence-electron chi connectivity index (χ3n) is 6.29. The molecule has 2 aromatic heterocycles. The van der Waals surface area contributed by atoms with Gasteiger partial charge in [0.2, 0.25) is 5.88 Å². The molecule has 10 heteroatoms. The second-order valence-corrected chi connectivity index (χ2v) is 8.49. The fourth-order valence-corrected chi connectivity index (χ4v) is 4.51. The van der Waals surface area contributed by atoms with Gasteiger partial charge in [0.15, 0.2) is 0 Å². The number of fused-ring (bicyclic) bond motifs is 1. The zero-order valence-electron chi connectivity index (χ0n) is 19.6. The predicted molar refractivity (Wildman–Crippen MR) is 128 cm³/mol. The molecular formula is C24H30N6O4. The zero-order valence-corrected chi connectivity index (χ0v) is 19.6. The van der Waals surface area contributed by atoms with Gasteiger partial charge >= 0.3 is 6.01 Å². The van der Waals surface area contributed by atoms with Crippen molar-refractivity contribution in [1.29, 1.82) is 0 Å². The van der Waals surface area contributed by atoms with Crippen molar-refractivity contribution in [1.82, 2.24) is 19.9 Å². The van der Waals surface area contributed by atoms with Crippen LogP contribution in [0.2, 0.25) is 0 Å². The maximum absolute atomic E-state index is 6.52. The van der Waals surface area contributed by atoms with E-state index in [4.69, 9.17) is 18.9 Å². The maximum Gasteiger partial charge on any atom is 0.321 e. The van der Waals surface area contributed by atoms with E-state index in [0.717, 1.165) is 74.5 Å². The van der Waals surface area contributed by atoms with Crippen LogP contribution in [0.1, 0.15) is 25.7 Å². The Labute approximate surface area is 198 Å². The number of ether oxygens (including phenoxy) is 4. The first kappa shape index (κ1) is 22.4. The Bertz CT molecular complexity index is 1090. The summed E-state index contributed by atoms with van der Waals surface area (Å²) in [4.78, 5) is 19.9. The summed E-state index contributed by atoms with van der Waals surface area (Å²) >= 11 is 0. The molecule has 1 aliphatic carbocycles. The number of anilines is 2. The van der Waals surface area contributed by atoms with Crippen molar-refractivity contribution >= 4 is 22.5 Å². The molecule has 0 amide bonds. The number of aromatic nitrogens is 4. The number of hydrogen-bond donors (Lipinski definition) is 1. The first-order valence-electron chi connectivity index (χ1n) is 11.7. The number of nitrogens with one attached hydrogen (secondary N) is 1. The third-order valence-corrected chi connectivity index (χ3v) is 6.29. The molecule has 2 fully saturated rings. The summed E-state index contributed by atoms with van der Waals surface area (Å²) in [6.45, 7) is 3.19. The lowest BCUT2D eigenvalue weighted by atomic mass is 9.93. The van der Waals surface area contributed by atoms with Crippen molar-refractivity contribution in [3.8, 4) is 17.6 Å². The molecular weight excluding hydrogens is 436 g/mol. The van der Waals surface area contributed by atoms with Crippen molar-refractivity contribution in [2.75, 3.05) is 50.7 Å². The van der Waals surface area contributed by atoms with Gasteiger partial charge < -0.3 is 29.2 Å². The van der Waals surface area contributed by atoms with Crippen molar-refractivity contribution < 1.29 is 18.9 Å². The molecule has 0 atom stereocenters. The van der Waals surface area contributed by atoms with E-state index in [0.29, 0.717) is 17.7 Å². The van der Waals surface area contributed by atoms with Gasteiger partial charge in [-0.05, 0) is 31.7 Å². The van der Waals surface area contributed by atoms with Crippen LogP contribution in [0.25, 0.3) is 11.0 Å². The molecule has 1 aliphatic heterocycles. The Kier molecular flexibility index (Phi) is 6.75. The predicted octanol–water partition coefficient (Wildman–Crippen LogP) is 3.08. The van der Waals surface area contributed by atoms with Gasteiger partial charge in [0, 0.05) is 49.3 Å². The number of rotatable bonds is 7. The standard InChI is InChI=1S/C24H30N6O4/c1-31-22-15-21(28-24(29-22)32-2)27-16-3-5-18(6-4-16)34-20-14-17(30-9-11-33-12-10-30)13-19-23(20)26-8-7-25-19/h7-8,13-16,18H,3-6,9-12H2,1-2H3,(H,27,28,29)/t16-,18+. The molecule has 1 aromatic carbocycles. The summed E-state index contributed by atoms with van der Waals surface area (Å²) in [6.07, 6.45) is 7.36. The Morgan fingerprint density at radius 1 is 0.941 bits per heavy atom. The van der Waals surface area contributed by atoms with Crippen LogP contribution in [0, 0.1) is 0 Å². The average molecular weight is 467 g/mol. The molecule has 3 heterocycles. The summed E-state index contributed by atoms with van der Waals surface area (Å²) < 4.78 is 22.4. The van der Waals surface area contributed by atoms with E-state index in [1.165, 1.54) is 0 Å². The molecule has 0 unspecified atom stereocenters. The van der Waals surface area contributed by atoms with Crippen molar-refractivity contribution in [3.05, 3.63) is 30.6 Å². The summed E-state index contributed by atoms with van der Waals surface area (Å²) in [5.41, 5.74) is 2.76. The normalized spacial score (nSPS) is 20.7. The molecule has 0 radical (unpaired) electrons. The van der Waals surface area contributed by atoms with E-state index in [-0.39, 0.29) is 12.1 Å². The second kappa shape index (κ2) is 10.3. The van der Waals surface area contributed by atoms with Crippen molar-refractivity contribution in [2.45, 2.75) is 37.8 Å². The van der Waals surface area contributed by atoms with Crippen LogP contribution in [-0.4, -0.2) is 72.6 Å². The van der Waals surface area contributed by atoms with Gasteiger partial charge in [-0.15, -0.1) is 0 Å². The average Bonchev–Trinajstić information content (AvgIpc) is 2.90. The van der Waals surface area contributed by atoms with Gasteiger partial charge in [0.1, 0.15) is 17.1 Å². The number of hydrogen-bond acceptors (Lipinski definition) is 10. The van der Waals surface area contributed by atoms with Crippen molar-refractivity contribution in [3.63, 3.8) is 0 Å². The number of methoxy groups -OCH3 is 2. The van der Waals surface area contributed by atoms with Gasteiger partial charge in [-0.1, -0.05) is 0 Å². The fourth-order valence-electron chi connectivity index (χ4n) is 4.51. The zero-order chi connectivity index (χ0) is 23.3. The van der Waals surface area contributed by atoms with Gasteiger partial charge in [0.25, 0.3) is 0 Å². The Balaban J connectivity index is 1.26. The van der Waals surface area contributed by atoms with E-state index in [1.807, 2.05) is 0 Å². The highest BCUT2D eigenvalue weighted by Crippen LogP contribution is 2.33. The van der Waals surface area contributed by atoms with Gasteiger partial charge in [-0.2, -0.15) is 9.97 Å². The van der Waals surface area contributed by atoms with Crippen molar-refractivity contribution in [2.24, 2.45) is 0 Å². The molecule has 1 saturated carbocycles. The molecule has 1 saturated heterocycles. The Morgan fingerprint density at radius 3 is 2.50 bits per heavy atom. The van der Waals surface area contributed by atoms with Crippen LogP contribution in [-0.2, 0) is 4.74 Å². The van der Waals surface area contributed by atoms with Crippen LogP contribution < -0.4 is 24.4 Å². The largest absolute Gasteiger partial charge is 0.488 e. The number of nitrogens with zero attached hydrogens (tertiary/aromatic N) is 5. The van der Waals surface area contributed by atoms with Crippen LogP contribution in [0.3, 0.4) is 0 Å². The molecule has 3 aromatic rings. The Morgan fingerprint density at radius 2 is 1.74 bits per heavy atom. The smallest absolute Gasteiger partial charge is 0.321 e. The summed E-state index contributed by atoms with van der Waals surface area (Å²) in [5.74, 6) is 1.97. The summed E-state index contributed by atoms with van der Waals surface area (Å²) in [5, 5.41) is 3.49. The van der Waals surface area contributed by atoms with E-state index in [2.05, 4.69) is 42.3 Å². The first-order chi connectivity index (χ1) is 16.7. The highest BCUT2D eigenvalue weighted by molar-refractivity contribution is 5.85. The highest BCUT2D eigenvalue weighted by atomic mass is 16.5. The summed E-state index contributed by atoms with van der Waals surface area (Å²) in [6, 6.07) is 6.55. The number of morpholine rings is 1. The molecule has 0 bridgehead atoms. The molecule has 0 spiro atoms. The molecule has 10 nitrogen and oxygen atoms in total. The Hall–Kier alpha value is -3.40. The lowest BCUT2D eigenvalue weighted by Crippen LogP contribution is -2.36. The molecule has 5 rings (SSSR count). The van der Waals surface area contributed by atoms with Crippen LogP contribution in [0.4, 0.5) is 11.5 Å². The quantitative estimate of drug-likeness (QED) is 0.559. The monoisotopic (exact) mass is 466 g/mol. The third kappa shape index (κ3) is 5.06. The van der Waals surface area contributed by atoms with E-state index in [9.17, 15) is 0 Å². The first-order valence-corrected chi connectivity index (χ1v) is 11.7. The van der Waals surface area contributed by atoms with Gasteiger partial charge in [-0.3, -0.25) is 4.98 Å². The van der Waals surface area contributed by atoms with Crippen LogP contribution in [0.5, 0.6) is 17.6 Å². The van der Waals surface area contributed by atoms with Crippen LogP contribution in [0.15, 0.2) is 30.6 Å². The SMILES string of the molecule is COc1cc(N[C@H]2CC[C@@H](Oc3cc(N4CCOCC4)cc4nccnc34)CC2)nc(OC)n1. The molecule has 34 heavy (non-hydrogen) atoms. The second-order valence-electron chi connectivity index (χ2n) is 8.49. The summed E-state index contributed by atoms with van der Waals surface area (Å²) in [7, 11) is 3.12. The number of benzene rings is 1. The minimum Gasteiger partial charge on any atom is -0.488 e. The maximum atomic E-state index is 6.52. The van der Waals surface area contributed by atoms with Gasteiger partial charge in [-0.25, -0.2) is 4.98 Å². The molecule has 1 N–H and O–H groups in total. The lowest BCUT2D eigenvalue weighted by Gasteiger charge is -2.31. The van der Waals surface area contributed by atoms with E-state index >= 15 is 0 Å². The minimum atomic E-state index is 0.123. The fraction of sp³-hybridized carbons (Fsp3) is 0.500. The highest BCUT2D eigenvalue weighted by Gasteiger charge is 2.25. The molecule has 2 aliphatic rings. The topological polar surface area (TPSA) is 104 Å².